The molecule has 0 aromatic heterocycles. The van der Waals surface area contributed by atoms with Gasteiger partial charge < -0.3 is 16.4 Å². The van der Waals surface area contributed by atoms with E-state index in [4.69, 9.17) is 5.73 Å². The SMILES string of the molecule is Cc1ccccc1CCNC(=O)C(=O)NCC(N)=S. The molecule has 0 saturated heterocycles. The molecule has 5 nitrogen and oxygen atoms in total. The van der Waals surface area contributed by atoms with Gasteiger partial charge in [0.05, 0.1) is 11.5 Å². The van der Waals surface area contributed by atoms with Crippen LogP contribution in [0, 0.1) is 6.92 Å². The molecule has 1 rings (SSSR count). The molecule has 0 bridgehead atoms. The standard InChI is InChI=1S/C13H17N3O2S/c1-9-4-2-3-5-10(9)6-7-15-12(17)13(18)16-8-11(14)19/h2-5H,6-8H2,1H3,(H2,14,19)(H,15,17)(H,16,18). The maximum absolute atomic E-state index is 11.4. The second-order valence-corrected chi connectivity index (χ2v) is 4.61. The number of carbonyl (C=O) groups excluding carboxylic acids is 2. The van der Waals surface area contributed by atoms with Gasteiger partial charge in [-0.2, -0.15) is 0 Å². The van der Waals surface area contributed by atoms with E-state index in [9.17, 15) is 9.59 Å². The molecule has 1 aromatic carbocycles. The number of aryl methyl sites for hydroxylation is 1. The van der Waals surface area contributed by atoms with E-state index in [2.05, 4.69) is 22.9 Å². The van der Waals surface area contributed by atoms with Crippen LogP contribution in [0.25, 0.3) is 0 Å². The van der Waals surface area contributed by atoms with Crippen LogP contribution in [0.15, 0.2) is 24.3 Å². The van der Waals surface area contributed by atoms with Gasteiger partial charge in [-0.05, 0) is 24.5 Å². The Morgan fingerprint density at radius 2 is 1.84 bits per heavy atom. The Labute approximate surface area is 117 Å². The van der Waals surface area contributed by atoms with Crippen molar-refractivity contribution in [2.24, 2.45) is 5.73 Å². The summed E-state index contributed by atoms with van der Waals surface area (Å²) in [6.07, 6.45) is 0.682. The maximum atomic E-state index is 11.4. The molecular weight excluding hydrogens is 262 g/mol. The lowest BCUT2D eigenvalue weighted by molar-refractivity contribution is -0.139. The van der Waals surface area contributed by atoms with Gasteiger partial charge in [0.1, 0.15) is 0 Å². The lowest BCUT2D eigenvalue weighted by atomic mass is 10.1. The molecule has 0 aliphatic carbocycles. The van der Waals surface area contributed by atoms with Gasteiger partial charge in [-0.1, -0.05) is 36.5 Å². The largest absolute Gasteiger partial charge is 0.392 e. The van der Waals surface area contributed by atoms with Crippen LogP contribution < -0.4 is 16.4 Å². The minimum Gasteiger partial charge on any atom is -0.392 e. The first kappa shape index (κ1) is 15.1. The van der Waals surface area contributed by atoms with Gasteiger partial charge in [0.15, 0.2) is 0 Å². The summed E-state index contributed by atoms with van der Waals surface area (Å²) in [5, 5.41) is 4.87. The normalized spacial score (nSPS) is 9.74. The number of hydrogen-bond donors (Lipinski definition) is 3. The van der Waals surface area contributed by atoms with Gasteiger partial charge in [-0.3, -0.25) is 9.59 Å². The highest BCUT2D eigenvalue weighted by Gasteiger charge is 2.12. The molecular formula is C13H17N3O2S. The molecule has 1 aromatic rings. The number of rotatable bonds is 5. The highest BCUT2D eigenvalue weighted by atomic mass is 32.1. The second kappa shape index (κ2) is 7.48. The van der Waals surface area contributed by atoms with Crippen molar-refractivity contribution in [3.8, 4) is 0 Å². The minimum atomic E-state index is -0.724. The third kappa shape index (κ3) is 5.48. The third-order valence-electron chi connectivity index (χ3n) is 2.57. The van der Waals surface area contributed by atoms with Crippen LogP contribution in [-0.4, -0.2) is 29.9 Å². The summed E-state index contributed by atoms with van der Waals surface area (Å²) in [5.41, 5.74) is 7.53. The highest BCUT2D eigenvalue weighted by Crippen LogP contribution is 2.06. The van der Waals surface area contributed by atoms with Crippen molar-refractivity contribution < 1.29 is 9.59 Å². The lowest BCUT2D eigenvalue weighted by Gasteiger charge is -2.07. The summed E-state index contributed by atoms with van der Waals surface area (Å²) in [7, 11) is 0. The number of benzene rings is 1. The van der Waals surface area contributed by atoms with E-state index in [1.807, 2.05) is 31.2 Å². The molecule has 0 unspecified atom stereocenters. The van der Waals surface area contributed by atoms with Gasteiger partial charge in [0.2, 0.25) is 0 Å². The van der Waals surface area contributed by atoms with Gasteiger partial charge >= 0.3 is 11.8 Å². The number of thiocarbonyl (C=S) groups is 1. The number of hydrogen-bond acceptors (Lipinski definition) is 3. The molecule has 0 aliphatic rings. The van der Waals surface area contributed by atoms with Crippen molar-refractivity contribution in [3.05, 3.63) is 35.4 Å². The van der Waals surface area contributed by atoms with Crippen LogP contribution >= 0.6 is 12.2 Å². The van der Waals surface area contributed by atoms with Gasteiger partial charge in [-0.15, -0.1) is 0 Å². The van der Waals surface area contributed by atoms with Crippen LogP contribution in [0.4, 0.5) is 0 Å². The topological polar surface area (TPSA) is 84.2 Å². The fraction of sp³-hybridized carbons (Fsp3) is 0.308. The quantitative estimate of drug-likeness (QED) is 0.525. The first-order chi connectivity index (χ1) is 9.00. The van der Waals surface area contributed by atoms with Crippen LogP contribution in [0.1, 0.15) is 11.1 Å². The lowest BCUT2D eigenvalue weighted by Crippen LogP contribution is -2.43. The number of nitrogens with one attached hydrogen (secondary N) is 2. The zero-order valence-electron chi connectivity index (χ0n) is 10.7. The van der Waals surface area contributed by atoms with Crippen molar-refractivity contribution in [1.29, 1.82) is 0 Å². The summed E-state index contributed by atoms with van der Waals surface area (Å²) in [6.45, 7) is 2.44. The summed E-state index contributed by atoms with van der Waals surface area (Å²) in [5.74, 6) is -1.40. The van der Waals surface area contributed by atoms with Crippen molar-refractivity contribution in [3.63, 3.8) is 0 Å². The Kier molecular flexibility index (Phi) is 5.95. The smallest absolute Gasteiger partial charge is 0.309 e. The van der Waals surface area contributed by atoms with Gasteiger partial charge in [0, 0.05) is 6.54 Å². The fourth-order valence-electron chi connectivity index (χ4n) is 1.53. The molecule has 19 heavy (non-hydrogen) atoms. The maximum Gasteiger partial charge on any atom is 0.309 e. The van der Waals surface area contributed by atoms with E-state index in [-0.39, 0.29) is 11.5 Å². The highest BCUT2D eigenvalue weighted by molar-refractivity contribution is 7.80. The second-order valence-electron chi connectivity index (χ2n) is 4.08. The molecule has 0 spiro atoms. The van der Waals surface area contributed by atoms with Crippen LogP contribution in [0.2, 0.25) is 0 Å². The minimum absolute atomic E-state index is 0.0272. The predicted molar refractivity (Wildman–Crippen MR) is 77.7 cm³/mol. The van der Waals surface area contributed by atoms with Crippen LogP contribution in [-0.2, 0) is 16.0 Å². The zero-order valence-corrected chi connectivity index (χ0v) is 11.5. The monoisotopic (exact) mass is 279 g/mol. The van der Waals surface area contributed by atoms with Gasteiger partial charge in [-0.25, -0.2) is 0 Å². The molecule has 0 aliphatic heterocycles. The molecule has 102 valence electrons. The Balaban J connectivity index is 2.33. The summed E-state index contributed by atoms with van der Waals surface area (Å²) in [6, 6.07) is 7.90. The Morgan fingerprint density at radius 1 is 1.21 bits per heavy atom. The molecule has 0 radical (unpaired) electrons. The van der Waals surface area contributed by atoms with Crippen molar-refractivity contribution in [2.75, 3.05) is 13.1 Å². The number of amides is 2. The van der Waals surface area contributed by atoms with E-state index < -0.39 is 11.8 Å². The summed E-state index contributed by atoms with van der Waals surface area (Å²) >= 11 is 4.60. The van der Waals surface area contributed by atoms with E-state index in [1.54, 1.807) is 0 Å². The average Bonchev–Trinajstić information content (AvgIpc) is 2.38. The third-order valence-corrected chi connectivity index (χ3v) is 2.71. The Morgan fingerprint density at radius 3 is 2.47 bits per heavy atom. The van der Waals surface area contributed by atoms with E-state index in [0.29, 0.717) is 13.0 Å². The summed E-state index contributed by atoms with van der Waals surface area (Å²) in [4.78, 5) is 22.9. The predicted octanol–water partition coefficient (Wildman–Crippen LogP) is 0.0560. The van der Waals surface area contributed by atoms with Gasteiger partial charge in [0.25, 0.3) is 0 Å². The number of carbonyl (C=O) groups is 2. The molecule has 0 saturated carbocycles. The van der Waals surface area contributed by atoms with Crippen molar-refractivity contribution in [2.45, 2.75) is 13.3 Å². The van der Waals surface area contributed by atoms with E-state index in [1.165, 1.54) is 0 Å². The average molecular weight is 279 g/mol. The van der Waals surface area contributed by atoms with Crippen LogP contribution in [0.5, 0.6) is 0 Å². The molecule has 0 fully saturated rings. The molecule has 0 heterocycles. The zero-order chi connectivity index (χ0) is 14.3. The van der Waals surface area contributed by atoms with E-state index in [0.717, 1.165) is 11.1 Å². The first-order valence-corrected chi connectivity index (χ1v) is 6.30. The Hall–Kier alpha value is -1.95. The molecule has 0 atom stereocenters. The summed E-state index contributed by atoms with van der Waals surface area (Å²) < 4.78 is 0. The fourth-order valence-corrected chi connectivity index (χ4v) is 1.60. The van der Waals surface area contributed by atoms with E-state index >= 15 is 0 Å². The van der Waals surface area contributed by atoms with Crippen molar-refractivity contribution in [1.82, 2.24) is 10.6 Å². The molecule has 4 N–H and O–H groups in total. The molecule has 2 amide bonds. The first-order valence-electron chi connectivity index (χ1n) is 5.89. The Bertz CT molecular complexity index is 489. The van der Waals surface area contributed by atoms with Crippen LogP contribution in [0.3, 0.4) is 0 Å². The van der Waals surface area contributed by atoms with Crippen molar-refractivity contribution >= 4 is 29.0 Å². The molecule has 6 heteroatoms. The number of nitrogens with two attached hydrogens (primary N) is 1.